The predicted octanol–water partition coefficient (Wildman–Crippen LogP) is 1.57. The lowest BCUT2D eigenvalue weighted by Crippen LogP contribution is -2.44. The summed E-state index contributed by atoms with van der Waals surface area (Å²) in [6.45, 7) is 3.12. The van der Waals surface area contributed by atoms with Crippen molar-refractivity contribution in [2.45, 2.75) is 51.9 Å². The molecule has 0 spiro atoms. The van der Waals surface area contributed by atoms with E-state index >= 15 is 0 Å². The second-order valence-corrected chi connectivity index (χ2v) is 7.55. The fourth-order valence-corrected chi connectivity index (χ4v) is 3.48. The molecule has 1 heterocycles. The van der Waals surface area contributed by atoms with Gasteiger partial charge in [-0.1, -0.05) is 6.92 Å². The van der Waals surface area contributed by atoms with E-state index in [-0.39, 0.29) is 24.9 Å². The molecule has 0 aromatic carbocycles. The van der Waals surface area contributed by atoms with Crippen LogP contribution in [0.1, 0.15) is 39.5 Å². The maximum Gasteiger partial charge on any atom is 0.369 e. The minimum absolute atomic E-state index is 0.0531. The van der Waals surface area contributed by atoms with E-state index < -0.39 is 39.7 Å². The fraction of sp³-hybridized carbons (Fsp3) is 0.812. The highest BCUT2D eigenvalue weighted by Crippen LogP contribution is 2.23. The topological polar surface area (TPSA) is 178 Å². The van der Waals surface area contributed by atoms with Crippen molar-refractivity contribution >= 4 is 28.9 Å². The summed E-state index contributed by atoms with van der Waals surface area (Å²) in [7, 11) is 0. The van der Waals surface area contributed by atoms with Crippen LogP contribution < -0.4 is 0 Å². The van der Waals surface area contributed by atoms with Crippen LogP contribution >= 0.6 is 11.8 Å². The van der Waals surface area contributed by atoms with Gasteiger partial charge in [-0.25, -0.2) is 9.59 Å². The zero-order chi connectivity index (χ0) is 23.4. The van der Waals surface area contributed by atoms with Gasteiger partial charge in [0.25, 0.3) is 10.2 Å². The highest BCUT2D eigenvalue weighted by molar-refractivity contribution is 8.13. The molecule has 14 nitrogen and oxygen atoms in total. The van der Waals surface area contributed by atoms with Crippen LogP contribution in [0.3, 0.4) is 0 Å². The Balaban J connectivity index is 2.39. The number of hydrogen-bond donors (Lipinski definition) is 0. The van der Waals surface area contributed by atoms with Crippen molar-refractivity contribution in [1.82, 2.24) is 4.90 Å². The molecular weight excluding hydrogens is 442 g/mol. The first kappa shape index (κ1) is 26.2. The third-order valence-corrected chi connectivity index (χ3v) is 5.16. The van der Waals surface area contributed by atoms with Gasteiger partial charge < -0.3 is 19.2 Å². The largest absolute Gasteiger partial charge is 0.464 e. The molecule has 0 N–H and O–H groups in total. The Labute approximate surface area is 181 Å². The highest BCUT2D eigenvalue weighted by Gasteiger charge is 2.37. The van der Waals surface area contributed by atoms with E-state index in [1.807, 2.05) is 0 Å². The molecule has 15 heteroatoms. The molecule has 1 saturated heterocycles. The number of carbonyl (C=O) groups is 3. The van der Waals surface area contributed by atoms with Crippen LogP contribution in [0.4, 0.5) is 4.79 Å². The number of ether oxygens (including phenoxy) is 2. The standard InChI is InChI=1S/C16H25N3O11S/c1-11(10-31-16(22)29-12(2)30-19(25)26)14(20)17-7-5-6-13(17)15(21)27-8-3-4-9-28-18(23)24/h11-13H,3-10H2,1-2H3/t11-,12?,13+/m1/s1. The molecular formula is C16H25N3O11S. The number of thioether (sulfide) groups is 1. The summed E-state index contributed by atoms with van der Waals surface area (Å²) in [6, 6.07) is -0.726. The average Bonchev–Trinajstić information content (AvgIpc) is 3.16. The molecule has 3 atom stereocenters. The Bertz CT molecular complexity index is 663. The van der Waals surface area contributed by atoms with Crippen molar-refractivity contribution in [1.29, 1.82) is 0 Å². The van der Waals surface area contributed by atoms with Crippen LogP contribution in [-0.4, -0.2) is 70.1 Å². The van der Waals surface area contributed by atoms with Gasteiger partial charge in [-0.2, -0.15) is 0 Å². The summed E-state index contributed by atoms with van der Waals surface area (Å²) in [5.74, 6) is -1.44. The molecule has 1 fully saturated rings. The first-order valence-electron chi connectivity index (χ1n) is 9.50. The molecule has 1 aliphatic heterocycles. The second kappa shape index (κ2) is 13.5. The number of rotatable bonds is 13. The fourth-order valence-electron chi connectivity index (χ4n) is 2.75. The van der Waals surface area contributed by atoms with Crippen molar-refractivity contribution in [2.75, 3.05) is 25.5 Å². The van der Waals surface area contributed by atoms with E-state index in [0.717, 1.165) is 0 Å². The molecule has 0 saturated carbocycles. The van der Waals surface area contributed by atoms with E-state index in [4.69, 9.17) is 4.74 Å². The Kier molecular flexibility index (Phi) is 11.4. The maximum absolute atomic E-state index is 12.7. The summed E-state index contributed by atoms with van der Waals surface area (Å²) >= 11 is 0.673. The summed E-state index contributed by atoms with van der Waals surface area (Å²) in [4.78, 5) is 66.5. The predicted molar refractivity (Wildman–Crippen MR) is 104 cm³/mol. The Morgan fingerprint density at radius 2 is 1.81 bits per heavy atom. The monoisotopic (exact) mass is 467 g/mol. The summed E-state index contributed by atoms with van der Waals surface area (Å²) < 4.78 is 9.84. The molecule has 0 aromatic heterocycles. The van der Waals surface area contributed by atoms with Gasteiger partial charge in [-0.05, 0) is 44.4 Å². The van der Waals surface area contributed by atoms with Crippen molar-refractivity contribution in [2.24, 2.45) is 5.92 Å². The number of unbranched alkanes of at least 4 members (excludes halogenated alkanes) is 1. The van der Waals surface area contributed by atoms with Crippen LogP contribution in [0.5, 0.6) is 0 Å². The van der Waals surface area contributed by atoms with Crippen molar-refractivity contribution in [3.8, 4) is 0 Å². The van der Waals surface area contributed by atoms with E-state index in [9.17, 15) is 34.6 Å². The number of carbonyl (C=O) groups excluding carboxylic acids is 3. The second-order valence-electron chi connectivity index (χ2n) is 6.60. The third kappa shape index (κ3) is 10.1. The maximum atomic E-state index is 12.7. The lowest BCUT2D eigenvalue weighted by Gasteiger charge is -2.26. The number of amides is 1. The molecule has 31 heavy (non-hydrogen) atoms. The van der Waals surface area contributed by atoms with Crippen molar-refractivity contribution < 1.29 is 43.7 Å². The molecule has 0 bridgehead atoms. The Morgan fingerprint density at radius 1 is 1.13 bits per heavy atom. The zero-order valence-electron chi connectivity index (χ0n) is 17.1. The molecule has 1 rings (SSSR count). The van der Waals surface area contributed by atoms with E-state index in [2.05, 4.69) is 14.4 Å². The summed E-state index contributed by atoms with van der Waals surface area (Å²) in [5.41, 5.74) is 0. The average molecular weight is 467 g/mol. The molecule has 0 aromatic rings. The van der Waals surface area contributed by atoms with Gasteiger partial charge in [0.05, 0.1) is 13.2 Å². The molecule has 1 amide bonds. The van der Waals surface area contributed by atoms with Gasteiger partial charge in [0.1, 0.15) is 6.04 Å². The van der Waals surface area contributed by atoms with Gasteiger partial charge in [0.2, 0.25) is 12.2 Å². The smallest absolute Gasteiger partial charge is 0.369 e. The van der Waals surface area contributed by atoms with Crippen LogP contribution in [0.15, 0.2) is 0 Å². The van der Waals surface area contributed by atoms with Gasteiger partial charge >= 0.3 is 11.3 Å². The molecule has 0 radical (unpaired) electrons. The third-order valence-electron chi connectivity index (χ3n) is 4.16. The summed E-state index contributed by atoms with van der Waals surface area (Å²) in [6.07, 6.45) is 0.433. The minimum atomic E-state index is -1.37. The summed E-state index contributed by atoms with van der Waals surface area (Å²) in [5, 5.41) is 17.4. The molecule has 176 valence electrons. The molecule has 1 unspecified atom stereocenters. The quantitative estimate of drug-likeness (QED) is 0.126. The van der Waals surface area contributed by atoms with Crippen LogP contribution in [0, 0.1) is 26.1 Å². The van der Waals surface area contributed by atoms with E-state index in [1.54, 1.807) is 6.92 Å². The van der Waals surface area contributed by atoms with Gasteiger partial charge in [0.15, 0.2) is 0 Å². The van der Waals surface area contributed by atoms with Crippen molar-refractivity contribution in [3.05, 3.63) is 20.2 Å². The minimum Gasteiger partial charge on any atom is -0.464 e. The first-order valence-corrected chi connectivity index (χ1v) is 10.5. The lowest BCUT2D eigenvalue weighted by atomic mass is 10.1. The van der Waals surface area contributed by atoms with Gasteiger partial charge in [0, 0.05) is 18.2 Å². The van der Waals surface area contributed by atoms with Gasteiger partial charge in [-0.15, -0.1) is 20.2 Å². The Hall–Kier alpha value is -2.84. The van der Waals surface area contributed by atoms with E-state index in [1.165, 1.54) is 11.8 Å². The number of nitrogens with zero attached hydrogens (tertiary/aromatic N) is 3. The normalized spacial score (nSPS) is 17.4. The SMILES string of the molecule is CC(OC(=O)SC[C@@H](C)C(=O)N1CCC[C@H]1C(=O)OCCCCO[N+](=O)[O-])O[N+](=O)[O-]. The van der Waals surface area contributed by atoms with Crippen LogP contribution in [0.25, 0.3) is 0 Å². The van der Waals surface area contributed by atoms with E-state index in [0.29, 0.717) is 44.0 Å². The zero-order valence-corrected chi connectivity index (χ0v) is 17.9. The van der Waals surface area contributed by atoms with Crippen LogP contribution in [0.2, 0.25) is 0 Å². The first-order chi connectivity index (χ1) is 14.6. The van der Waals surface area contributed by atoms with Crippen molar-refractivity contribution in [3.63, 3.8) is 0 Å². The molecule has 0 aliphatic carbocycles. The highest BCUT2D eigenvalue weighted by atomic mass is 32.2. The number of likely N-dealkylation sites (tertiary alicyclic amines) is 1. The number of esters is 1. The molecule has 1 aliphatic rings. The lowest BCUT2D eigenvalue weighted by molar-refractivity contribution is -0.777. The van der Waals surface area contributed by atoms with Gasteiger partial charge in [-0.3, -0.25) is 9.63 Å². The number of hydrogen-bond acceptors (Lipinski definition) is 12. The Morgan fingerprint density at radius 3 is 2.45 bits per heavy atom. The van der Waals surface area contributed by atoms with Crippen LogP contribution in [-0.2, 0) is 28.7 Å².